The third kappa shape index (κ3) is 4.54. The van der Waals surface area contributed by atoms with Crippen LogP contribution < -0.4 is 10.0 Å². The molecule has 2 N–H and O–H groups in total. The molecule has 0 spiro atoms. The van der Waals surface area contributed by atoms with E-state index in [1.54, 1.807) is 0 Å². The Morgan fingerprint density at radius 1 is 1.29 bits per heavy atom. The van der Waals surface area contributed by atoms with E-state index < -0.39 is 10.0 Å². The number of nitrogens with one attached hydrogen (secondary N) is 2. The lowest BCUT2D eigenvalue weighted by molar-refractivity contribution is 0.0568. The van der Waals surface area contributed by atoms with Gasteiger partial charge in [0.2, 0.25) is 10.0 Å². The van der Waals surface area contributed by atoms with E-state index in [-0.39, 0.29) is 11.8 Å². The second kappa shape index (κ2) is 6.13. The van der Waals surface area contributed by atoms with E-state index in [2.05, 4.69) is 10.0 Å². The zero-order valence-electron chi connectivity index (χ0n) is 10.2. The zero-order chi connectivity index (χ0) is 12.1. The van der Waals surface area contributed by atoms with E-state index in [0.717, 1.165) is 38.8 Å². The molecule has 0 saturated carbocycles. The normalized spacial score (nSPS) is 30.6. The fraction of sp³-hybridized carbons (Fsp3) is 1.00. The number of ether oxygens (including phenoxy) is 1. The Kier molecular flexibility index (Phi) is 4.78. The molecular weight excluding hydrogens is 240 g/mol. The monoisotopic (exact) mass is 262 g/mol. The van der Waals surface area contributed by atoms with E-state index in [1.165, 1.54) is 0 Å². The highest BCUT2D eigenvalue weighted by Crippen LogP contribution is 2.13. The molecule has 0 aromatic heterocycles. The van der Waals surface area contributed by atoms with Crippen LogP contribution in [0.3, 0.4) is 0 Å². The van der Waals surface area contributed by atoms with Gasteiger partial charge in [-0.25, -0.2) is 13.1 Å². The van der Waals surface area contributed by atoms with Crippen molar-refractivity contribution in [1.82, 2.24) is 10.0 Å². The first-order chi connectivity index (χ1) is 8.16. The van der Waals surface area contributed by atoms with Crippen molar-refractivity contribution >= 4 is 10.0 Å². The smallest absolute Gasteiger partial charge is 0.213 e. The van der Waals surface area contributed by atoms with Gasteiger partial charge in [-0.2, -0.15) is 0 Å². The average Bonchev–Trinajstić information content (AvgIpc) is 2.80. The third-order valence-electron chi connectivity index (χ3n) is 3.43. The lowest BCUT2D eigenvalue weighted by Crippen LogP contribution is -2.39. The molecule has 17 heavy (non-hydrogen) atoms. The second-order valence-corrected chi connectivity index (χ2v) is 6.86. The maximum atomic E-state index is 11.8. The molecule has 0 radical (unpaired) electrons. The molecule has 2 fully saturated rings. The van der Waals surface area contributed by atoms with Gasteiger partial charge in [-0.1, -0.05) is 0 Å². The third-order valence-corrected chi connectivity index (χ3v) is 4.88. The molecule has 6 heteroatoms. The Balaban J connectivity index is 1.72. The highest BCUT2D eigenvalue weighted by molar-refractivity contribution is 7.89. The Bertz CT molecular complexity index is 320. The summed E-state index contributed by atoms with van der Waals surface area (Å²) in [5, 5.41) is 3.21. The molecule has 2 heterocycles. The maximum absolute atomic E-state index is 11.8. The van der Waals surface area contributed by atoms with Crippen LogP contribution >= 0.6 is 0 Å². The molecule has 0 aromatic rings. The molecular formula is C11H22N2O3S. The van der Waals surface area contributed by atoms with Gasteiger partial charge in [0.05, 0.1) is 12.4 Å². The van der Waals surface area contributed by atoms with Crippen LogP contribution in [0.2, 0.25) is 0 Å². The lowest BCUT2D eigenvalue weighted by atomic mass is 10.0. The van der Waals surface area contributed by atoms with Crippen LogP contribution in [-0.4, -0.2) is 46.5 Å². The summed E-state index contributed by atoms with van der Waals surface area (Å²) in [5.41, 5.74) is 0. The Hall–Kier alpha value is -0.170. The van der Waals surface area contributed by atoms with Crippen LogP contribution in [-0.2, 0) is 14.8 Å². The summed E-state index contributed by atoms with van der Waals surface area (Å²) < 4.78 is 31.7. The number of rotatable bonds is 5. The molecule has 0 bridgehead atoms. The average molecular weight is 262 g/mol. The van der Waals surface area contributed by atoms with Crippen molar-refractivity contribution < 1.29 is 13.2 Å². The van der Waals surface area contributed by atoms with Crippen molar-refractivity contribution in [3.8, 4) is 0 Å². The van der Waals surface area contributed by atoms with Crippen LogP contribution in [0.4, 0.5) is 0 Å². The predicted octanol–water partition coefficient (Wildman–Crippen LogP) is 0.0844. The summed E-state index contributed by atoms with van der Waals surface area (Å²) in [6.07, 6.45) is 4.14. The fourth-order valence-electron chi connectivity index (χ4n) is 2.44. The number of sulfonamides is 1. The van der Waals surface area contributed by atoms with E-state index in [1.807, 2.05) is 0 Å². The van der Waals surface area contributed by atoms with Gasteiger partial charge >= 0.3 is 0 Å². The van der Waals surface area contributed by atoms with Crippen LogP contribution in [0, 0.1) is 5.92 Å². The van der Waals surface area contributed by atoms with Crippen LogP contribution in [0.1, 0.15) is 25.7 Å². The second-order valence-electron chi connectivity index (χ2n) is 5.01. The first kappa shape index (κ1) is 13.3. The summed E-state index contributed by atoms with van der Waals surface area (Å²) >= 11 is 0. The summed E-state index contributed by atoms with van der Waals surface area (Å²) in [6.45, 7) is 2.96. The van der Waals surface area contributed by atoms with Gasteiger partial charge in [0.25, 0.3) is 0 Å². The van der Waals surface area contributed by atoms with E-state index >= 15 is 0 Å². The molecule has 2 atom stereocenters. The van der Waals surface area contributed by atoms with Crippen molar-refractivity contribution in [3.63, 3.8) is 0 Å². The van der Waals surface area contributed by atoms with Crippen LogP contribution in [0.5, 0.6) is 0 Å². The summed E-state index contributed by atoms with van der Waals surface area (Å²) in [5.74, 6) is 0.552. The molecule has 2 unspecified atom stereocenters. The van der Waals surface area contributed by atoms with Gasteiger partial charge < -0.3 is 10.1 Å². The number of hydrogen-bond acceptors (Lipinski definition) is 4. The highest BCUT2D eigenvalue weighted by Gasteiger charge is 2.23. The van der Waals surface area contributed by atoms with E-state index in [9.17, 15) is 8.42 Å². The van der Waals surface area contributed by atoms with Gasteiger partial charge in [-0.05, 0) is 38.1 Å². The maximum Gasteiger partial charge on any atom is 0.213 e. The molecule has 5 nitrogen and oxygen atoms in total. The zero-order valence-corrected chi connectivity index (χ0v) is 11.0. The van der Waals surface area contributed by atoms with Crippen molar-refractivity contribution in [2.75, 3.05) is 32.1 Å². The lowest BCUT2D eigenvalue weighted by Gasteiger charge is -2.22. The fourth-order valence-corrected chi connectivity index (χ4v) is 3.86. The molecule has 0 amide bonds. The quantitative estimate of drug-likeness (QED) is 0.736. The largest absolute Gasteiger partial charge is 0.381 e. The van der Waals surface area contributed by atoms with E-state index in [4.69, 9.17) is 4.74 Å². The highest BCUT2D eigenvalue weighted by atomic mass is 32.2. The van der Waals surface area contributed by atoms with Gasteiger partial charge in [0.15, 0.2) is 0 Å². The molecule has 2 saturated heterocycles. The Morgan fingerprint density at radius 3 is 2.82 bits per heavy atom. The predicted molar refractivity (Wildman–Crippen MR) is 66.4 cm³/mol. The summed E-state index contributed by atoms with van der Waals surface area (Å²) in [4.78, 5) is 0. The molecule has 2 rings (SSSR count). The molecule has 100 valence electrons. The first-order valence-corrected chi connectivity index (χ1v) is 8.09. The SMILES string of the molecule is O=S(=O)(CC1CCCN1)NCC1CCCOC1. The van der Waals surface area contributed by atoms with Gasteiger partial charge in [-0.15, -0.1) is 0 Å². The minimum atomic E-state index is -3.13. The first-order valence-electron chi connectivity index (χ1n) is 6.44. The minimum absolute atomic E-state index is 0.134. The Morgan fingerprint density at radius 2 is 2.18 bits per heavy atom. The van der Waals surface area contributed by atoms with Gasteiger partial charge in [0, 0.05) is 19.2 Å². The van der Waals surface area contributed by atoms with Crippen molar-refractivity contribution in [2.45, 2.75) is 31.7 Å². The minimum Gasteiger partial charge on any atom is -0.381 e. The standard InChI is InChI=1S/C11H22N2O3S/c14-17(15,9-11-4-1-5-12-11)13-7-10-3-2-6-16-8-10/h10-13H,1-9H2. The molecule has 0 aliphatic carbocycles. The van der Waals surface area contributed by atoms with E-state index in [0.29, 0.717) is 19.1 Å². The van der Waals surface area contributed by atoms with Crippen molar-refractivity contribution in [3.05, 3.63) is 0 Å². The van der Waals surface area contributed by atoms with Crippen molar-refractivity contribution in [1.29, 1.82) is 0 Å². The summed E-state index contributed by atoms with van der Waals surface area (Å²) in [7, 11) is -3.13. The van der Waals surface area contributed by atoms with Gasteiger partial charge in [0.1, 0.15) is 0 Å². The van der Waals surface area contributed by atoms with Gasteiger partial charge in [-0.3, -0.25) is 0 Å². The van der Waals surface area contributed by atoms with Crippen LogP contribution in [0.15, 0.2) is 0 Å². The van der Waals surface area contributed by atoms with Crippen LogP contribution in [0.25, 0.3) is 0 Å². The summed E-state index contributed by atoms with van der Waals surface area (Å²) in [6, 6.07) is 0.134. The Labute approximate surface area is 103 Å². The van der Waals surface area contributed by atoms with Crippen molar-refractivity contribution in [2.24, 2.45) is 5.92 Å². The molecule has 2 aliphatic heterocycles. The molecule has 0 aromatic carbocycles. The topological polar surface area (TPSA) is 67.4 Å². The molecule has 2 aliphatic rings. The number of hydrogen-bond donors (Lipinski definition) is 2.